The van der Waals surface area contributed by atoms with Crippen LogP contribution in [0.3, 0.4) is 0 Å². The average Bonchev–Trinajstić information content (AvgIpc) is 1.72. The van der Waals surface area contributed by atoms with Crippen molar-refractivity contribution in [1.82, 2.24) is 0 Å². The maximum atomic E-state index is 5.86. The molecule has 105 heavy (non-hydrogen) atoms. The van der Waals surface area contributed by atoms with Crippen molar-refractivity contribution >= 4 is 154 Å². The summed E-state index contributed by atoms with van der Waals surface area (Å²) in [4.78, 5) is 0. The topological polar surface area (TPSA) is 92.0 Å². The van der Waals surface area contributed by atoms with Crippen LogP contribution in [0.25, 0.3) is 154 Å². The molecule has 14 aromatic carbocycles. The highest BCUT2D eigenvalue weighted by Gasteiger charge is 2.15. The lowest BCUT2D eigenvalue weighted by molar-refractivity contribution is 0.665. The van der Waals surface area contributed by atoms with Gasteiger partial charge in [0.25, 0.3) is 0 Å². The maximum absolute atomic E-state index is 5.86. The van der Waals surface area contributed by atoms with Gasteiger partial charge in [0.2, 0.25) is 0 Å². The Kier molecular flexibility index (Phi) is 18.6. The summed E-state index contributed by atoms with van der Waals surface area (Å²) >= 11 is 0. The molecule has 0 aliphatic carbocycles. The molecular weight excluding hydrogens is 1290 g/mol. The van der Waals surface area contributed by atoms with Crippen LogP contribution in [0.5, 0.6) is 0 Å². The Bertz CT molecular complexity index is 6760. The molecule has 0 aliphatic rings. The van der Waals surface area contributed by atoms with Crippen LogP contribution in [0.2, 0.25) is 0 Å². The third kappa shape index (κ3) is 13.5. The van der Waals surface area contributed by atoms with E-state index in [1.54, 1.807) is 0 Å². The molecule has 7 heteroatoms. The van der Waals surface area contributed by atoms with E-state index in [2.05, 4.69) is 279 Å². The fourth-order valence-corrected chi connectivity index (χ4v) is 14.6. The maximum Gasteiger partial charge on any atom is 0.138 e. The van der Waals surface area contributed by atoms with Gasteiger partial charge in [0.05, 0.1) is 0 Å². The Morgan fingerprint density at radius 3 is 1.10 bits per heavy atom. The molecule has 0 N–H and O–H groups in total. The number of furan rings is 7. The summed E-state index contributed by atoms with van der Waals surface area (Å²) < 4.78 is 40.8. The molecule has 518 valence electrons. The summed E-state index contributed by atoms with van der Waals surface area (Å²) in [5.74, 6) is 0. The largest absolute Gasteiger partial charge is 0.456 e. The van der Waals surface area contributed by atoms with E-state index < -0.39 is 0 Å². The number of aryl methyl sites for hydroxylation is 14. The summed E-state index contributed by atoms with van der Waals surface area (Å²) in [6, 6.07) is 87.8. The minimum Gasteiger partial charge on any atom is -0.456 e. The molecule has 0 atom stereocenters. The van der Waals surface area contributed by atoms with Crippen LogP contribution >= 0.6 is 0 Å². The van der Waals surface area contributed by atoms with Gasteiger partial charge in [-0.05, 0) is 242 Å². The number of rotatable bonds is 0. The van der Waals surface area contributed by atoms with E-state index in [1.807, 2.05) is 72.8 Å². The van der Waals surface area contributed by atoms with E-state index in [9.17, 15) is 0 Å². The Labute approximate surface area is 610 Å². The highest BCUT2D eigenvalue weighted by atomic mass is 16.4. The van der Waals surface area contributed by atoms with Gasteiger partial charge in [-0.3, -0.25) is 0 Å². The molecule has 21 rings (SSSR count). The molecule has 7 heterocycles. The second kappa shape index (κ2) is 28.5. The summed E-state index contributed by atoms with van der Waals surface area (Å²) in [6.07, 6.45) is 0. The molecule has 0 amide bonds. The number of hydrogen-bond acceptors (Lipinski definition) is 7. The van der Waals surface area contributed by atoms with Gasteiger partial charge in [-0.1, -0.05) is 188 Å². The first-order chi connectivity index (χ1) is 50.8. The van der Waals surface area contributed by atoms with Crippen molar-refractivity contribution < 1.29 is 30.9 Å². The van der Waals surface area contributed by atoms with Crippen molar-refractivity contribution in [2.24, 2.45) is 0 Å². The summed E-state index contributed by atoms with van der Waals surface area (Å²) in [6.45, 7) is 29.4. The quantitative estimate of drug-likeness (QED) is 0.149. The van der Waals surface area contributed by atoms with Gasteiger partial charge in [0.1, 0.15) is 78.2 Å². The SMILES string of the molecule is Cc1cc(C)c2oc3ccccc3c2c1.Cc1ccc(C)c2c1oc1ccccc12.Cc1ccc2c(c1)oc1cc(C)ccc12.Cc1ccc2c(c1)oc1ccc(C)cc12.Cc1ccc2c(c1)oc1cccc(C)c12.Cc1ccc2c(oc3ccccc32)c1C.Cc1cccc2c1oc1cccc(C)c12. The van der Waals surface area contributed by atoms with Crippen molar-refractivity contribution in [3.05, 3.63) is 333 Å². The van der Waals surface area contributed by atoms with E-state index in [-0.39, 0.29) is 0 Å². The molecule has 0 fully saturated rings. The average molecular weight is 1370 g/mol. The number of benzene rings is 14. The normalized spacial score (nSPS) is 11.3. The van der Waals surface area contributed by atoms with Crippen LogP contribution in [0.4, 0.5) is 0 Å². The van der Waals surface area contributed by atoms with E-state index in [0.29, 0.717) is 0 Å². The molecule has 0 aliphatic heterocycles. The minimum absolute atomic E-state index is 0.973. The molecular formula is C98H84O7. The molecule has 21 aromatic rings. The van der Waals surface area contributed by atoms with Gasteiger partial charge in [0.15, 0.2) is 0 Å². The molecule has 0 radical (unpaired) electrons. The molecule has 0 spiro atoms. The predicted molar refractivity (Wildman–Crippen MR) is 442 cm³/mol. The molecule has 0 bridgehead atoms. The Morgan fingerprint density at radius 1 is 0.152 bits per heavy atom. The lowest BCUT2D eigenvalue weighted by Crippen LogP contribution is -1.79. The Morgan fingerprint density at radius 2 is 0.486 bits per heavy atom. The van der Waals surface area contributed by atoms with Crippen molar-refractivity contribution in [2.75, 3.05) is 0 Å². The number of fused-ring (bicyclic) bond motifs is 21. The Balaban J connectivity index is 0.0000000983. The van der Waals surface area contributed by atoms with Crippen LogP contribution in [0.15, 0.2) is 286 Å². The van der Waals surface area contributed by atoms with Crippen molar-refractivity contribution in [3.63, 3.8) is 0 Å². The van der Waals surface area contributed by atoms with E-state index in [1.165, 1.54) is 153 Å². The number of hydrogen-bond donors (Lipinski definition) is 0. The van der Waals surface area contributed by atoms with Crippen LogP contribution in [0.1, 0.15) is 77.9 Å². The summed E-state index contributed by atoms with van der Waals surface area (Å²) in [5, 5.41) is 17.1. The third-order valence-corrected chi connectivity index (χ3v) is 20.2. The fourth-order valence-electron chi connectivity index (χ4n) is 14.6. The lowest BCUT2D eigenvalue weighted by Gasteiger charge is -1.98. The lowest BCUT2D eigenvalue weighted by atomic mass is 10.0. The van der Waals surface area contributed by atoms with Crippen molar-refractivity contribution in [3.8, 4) is 0 Å². The predicted octanol–water partition coefficient (Wildman–Crippen LogP) is 29.4. The molecule has 0 unspecified atom stereocenters. The molecule has 0 saturated heterocycles. The van der Waals surface area contributed by atoms with Gasteiger partial charge in [-0.2, -0.15) is 0 Å². The minimum atomic E-state index is 0.973. The molecule has 0 saturated carbocycles. The van der Waals surface area contributed by atoms with Crippen molar-refractivity contribution in [2.45, 2.75) is 96.9 Å². The van der Waals surface area contributed by atoms with Crippen LogP contribution in [-0.4, -0.2) is 0 Å². The first kappa shape index (κ1) is 68.4. The highest BCUT2D eigenvalue weighted by molar-refractivity contribution is 6.11. The van der Waals surface area contributed by atoms with Crippen molar-refractivity contribution in [1.29, 1.82) is 0 Å². The van der Waals surface area contributed by atoms with Gasteiger partial charge >= 0.3 is 0 Å². The zero-order valence-electron chi connectivity index (χ0n) is 62.1. The summed E-state index contributed by atoms with van der Waals surface area (Å²) in [5.41, 5.74) is 31.3. The molecule has 7 nitrogen and oxygen atoms in total. The number of para-hydroxylation sites is 4. The van der Waals surface area contributed by atoms with E-state index in [4.69, 9.17) is 30.9 Å². The Hall–Kier alpha value is -12.3. The first-order valence-electron chi connectivity index (χ1n) is 36.0. The monoisotopic (exact) mass is 1370 g/mol. The molecule has 7 aromatic heterocycles. The van der Waals surface area contributed by atoms with E-state index in [0.717, 1.165) is 78.2 Å². The highest BCUT2D eigenvalue weighted by Crippen LogP contribution is 2.38. The van der Waals surface area contributed by atoms with Gasteiger partial charge < -0.3 is 30.9 Å². The standard InChI is InChI=1S/7C14H12O/c1-9-5-4-8-12-13(9)11-7-3-6-10(2)14(11)15-12;1-9-4-6-13-12(7-9)11-5-3-10(2)8-14(11)15-13;1-9-3-5-11-12-6-4-10(2)8-14(12)15-13(11)7-9;1-9-6-7-11-13(8-9)15-12-5-3-4-10(2)14(11)12;1-9-7-10(2)14-12(8-9)11-5-3-4-6-13(11)15-14;1-9-7-8-12-11-5-3-4-6-13(11)15-14(12)10(9)2;1-9-7-8-10(2)14-13(9)11-5-3-4-6-12(11)15-14/h7*3-8H,1-2H3. The second-order valence-corrected chi connectivity index (χ2v) is 28.3. The zero-order valence-corrected chi connectivity index (χ0v) is 62.1. The smallest absolute Gasteiger partial charge is 0.138 e. The summed E-state index contributed by atoms with van der Waals surface area (Å²) in [7, 11) is 0. The van der Waals surface area contributed by atoms with Gasteiger partial charge in [-0.15, -0.1) is 0 Å². The first-order valence-corrected chi connectivity index (χ1v) is 36.0. The second-order valence-electron chi connectivity index (χ2n) is 28.3. The van der Waals surface area contributed by atoms with Gasteiger partial charge in [-0.25, -0.2) is 0 Å². The van der Waals surface area contributed by atoms with E-state index >= 15 is 0 Å². The third-order valence-electron chi connectivity index (χ3n) is 20.2. The van der Waals surface area contributed by atoms with Gasteiger partial charge in [0, 0.05) is 75.4 Å². The fraction of sp³-hybridized carbons (Fsp3) is 0.143. The zero-order chi connectivity index (χ0) is 72.9. The van der Waals surface area contributed by atoms with Crippen LogP contribution in [-0.2, 0) is 0 Å². The van der Waals surface area contributed by atoms with Crippen LogP contribution < -0.4 is 0 Å². The van der Waals surface area contributed by atoms with Crippen LogP contribution in [0, 0.1) is 96.9 Å².